The number of ether oxygens (including phenoxy) is 2. The van der Waals surface area contributed by atoms with Crippen LogP contribution >= 0.6 is 0 Å². The largest absolute Gasteiger partial charge is 0.497 e. The quantitative estimate of drug-likeness (QED) is 0.372. The summed E-state index contributed by atoms with van der Waals surface area (Å²) in [7, 11) is 0.573. The van der Waals surface area contributed by atoms with Crippen molar-refractivity contribution in [3.05, 3.63) is 59.7 Å². The van der Waals surface area contributed by atoms with E-state index >= 15 is 0 Å². The Morgan fingerprint density at radius 3 is 2.32 bits per heavy atom. The molecular weight excluding hydrogens is 324 g/mol. The van der Waals surface area contributed by atoms with Gasteiger partial charge < -0.3 is 9.47 Å². The molecule has 25 heavy (non-hydrogen) atoms. The van der Waals surface area contributed by atoms with Crippen LogP contribution in [0, 0.1) is 25.9 Å². The minimum absolute atomic E-state index is 0.742. The van der Waals surface area contributed by atoms with Crippen LogP contribution in [0.25, 0.3) is 11.1 Å². The highest BCUT2D eigenvalue weighted by molar-refractivity contribution is 6.76. The van der Waals surface area contributed by atoms with Gasteiger partial charge in [-0.15, -0.1) is 6.42 Å². The fourth-order valence-electron chi connectivity index (χ4n) is 2.60. The second-order valence-corrected chi connectivity index (χ2v) is 13.0. The van der Waals surface area contributed by atoms with Gasteiger partial charge in [0.15, 0.2) is 0 Å². The van der Waals surface area contributed by atoms with Crippen molar-refractivity contribution < 1.29 is 9.47 Å². The van der Waals surface area contributed by atoms with Gasteiger partial charge in [0.05, 0.1) is 7.11 Å². The van der Waals surface area contributed by atoms with Crippen LogP contribution in [-0.2, 0) is 4.74 Å². The van der Waals surface area contributed by atoms with Crippen molar-refractivity contribution in [1.82, 2.24) is 0 Å². The summed E-state index contributed by atoms with van der Waals surface area (Å²) in [6, 6.07) is 13.3. The van der Waals surface area contributed by atoms with E-state index < -0.39 is 8.07 Å². The Hall–Kier alpha value is -2.02. The molecule has 0 N–H and O–H groups in total. The first-order chi connectivity index (χ1) is 11.9. The first-order valence-electron chi connectivity index (χ1n) is 8.55. The predicted octanol–water partition coefficient (Wildman–Crippen LogP) is 5.52. The second-order valence-electron chi connectivity index (χ2n) is 7.37. The van der Waals surface area contributed by atoms with Gasteiger partial charge in [-0.2, -0.15) is 0 Å². The molecule has 1 radical (unpaired) electrons. The molecule has 0 heterocycles. The Morgan fingerprint density at radius 2 is 1.76 bits per heavy atom. The van der Waals surface area contributed by atoms with E-state index in [2.05, 4.69) is 50.7 Å². The van der Waals surface area contributed by atoms with E-state index in [-0.39, 0.29) is 0 Å². The van der Waals surface area contributed by atoms with E-state index in [0.29, 0.717) is 0 Å². The van der Waals surface area contributed by atoms with Crippen molar-refractivity contribution in [3.8, 4) is 29.2 Å². The standard InChI is InChI=1S/C22H27O2Si/c1-7-18-10-13-21(19-8-11-20(23-3)12-9-19)17(2)22(18)16-24-14-15-25(4,5)6/h1,8-13,16H,14-15H2,2-6H3. The molecule has 0 bridgehead atoms. The normalized spacial score (nSPS) is 11.2. The zero-order valence-corrected chi connectivity index (χ0v) is 16.8. The van der Waals surface area contributed by atoms with Crippen molar-refractivity contribution in [3.63, 3.8) is 0 Å². The average molecular weight is 352 g/mol. The molecule has 2 nitrogen and oxygen atoms in total. The maximum absolute atomic E-state index is 5.84. The zero-order valence-electron chi connectivity index (χ0n) is 15.8. The summed E-state index contributed by atoms with van der Waals surface area (Å²) in [6.45, 7) is 11.7. The van der Waals surface area contributed by atoms with Gasteiger partial charge in [0, 0.05) is 25.8 Å². The van der Waals surface area contributed by atoms with Crippen LogP contribution in [0.2, 0.25) is 25.7 Å². The molecule has 0 saturated carbocycles. The van der Waals surface area contributed by atoms with Gasteiger partial charge in [-0.05, 0) is 47.9 Å². The first kappa shape index (κ1) is 19.3. The van der Waals surface area contributed by atoms with E-state index in [0.717, 1.165) is 46.2 Å². The van der Waals surface area contributed by atoms with E-state index in [1.54, 1.807) is 7.11 Å². The summed E-state index contributed by atoms with van der Waals surface area (Å²) in [5.74, 6) is 3.62. The summed E-state index contributed by atoms with van der Waals surface area (Å²) < 4.78 is 11.1. The Labute approximate surface area is 153 Å². The van der Waals surface area contributed by atoms with Crippen molar-refractivity contribution in [1.29, 1.82) is 0 Å². The monoisotopic (exact) mass is 351 g/mol. The lowest BCUT2D eigenvalue weighted by molar-refractivity contribution is 0.228. The number of terminal acetylenes is 1. The Morgan fingerprint density at radius 1 is 1.08 bits per heavy atom. The highest BCUT2D eigenvalue weighted by atomic mass is 28.3. The maximum atomic E-state index is 5.84. The summed E-state index contributed by atoms with van der Waals surface area (Å²) in [6.07, 6.45) is 5.68. The number of methoxy groups -OCH3 is 1. The minimum atomic E-state index is -1.10. The van der Waals surface area contributed by atoms with E-state index in [9.17, 15) is 0 Å². The molecule has 0 amide bonds. The minimum Gasteiger partial charge on any atom is -0.497 e. The summed E-state index contributed by atoms with van der Waals surface area (Å²) >= 11 is 0. The lowest BCUT2D eigenvalue weighted by atomic mass is 9.93. The van der Waals surface area contributed by atoms with Crippen LogP contribution in [-0.4, -0.2) is 21.8 Å². The average Bonchev–Trinajstić information content (AvgIpc) is 2.59. The molecule has 0 saturated heterocycles. The zero-order chi connectivity index (χ0) is 18.4. The van der Waals surface area contributed by atoms with Gasteiger partial charge in [-0.25, -0.2) is 0 Å². The molecule has 2 aromatic carbocycles. The molecule has 3 heteroatoms. The molecule has 2 aromatic rings. The van der Waals surface area contributed by atoms with Gasteiger partial charge in [-0.3, -0.25) is 0 Å². The summed E-state index contributed by atoms with van der Waals surface area (Å²) in [5, 5.41) is 0. The van der Waals surface area contributed by atoms with Gasteiger partial charge in [0.25, 0.3) is 0 Å². The van der Waals surface area contributed by atoms with Crippen molar-refractivity contribution in [2.24, 2.45) is 0 Å². The summed E-state index contributed by atoms with van der Waals surface area (Å²) in [5.41, 5.74) is 5.28. The smallest absolute Gasteiger partial charge is 0.118 e. The fourth-order valence-corrected chi connectivity index (χ4v) is 3.33. The molecule has 0 aliphatic rings. The lowest BCUT2D eigenvalue weighted by Gasteiger charge is -2.17. The number of benzene rings is 2. The van der Waals surface area contributed by atoms with Gasteiger partial charge >= 0.3 is 0 Å². The molecule has 0 unspecified atom stereocenters. The van der Waals surface area contributed by atoms with Gasteiger partial charge in [0.1, 0.15) is 12.4 Å². The van der Waals surface area contributed by atoms with E-state index in [1.807, 2.05) is 24.8 Å². The molecule has 0 spiro atoms. The molecule has 0 fully saturated rings. The lowest BCUT2D eigenvalue weighted by Crippen LogP contribution is -2.21. The molecule has 0 aliphatic heterocycles. The Kier molecular flexibility index (Phi) is 6.47. The first-order valence-corrected chi connectivity index (χ1v) is 12.3. The highest BCUT2D eigenvalue weighted by Crippen LogP contribution is 2.30. The van der Waals surface area contributed by atoms with Gasteiger partial charge in [0.2, 0.25) is 0 Å². The summed E-state index contributed by atoms with van der Waals surface area (Å²) in [4.78, 5) is 0. The third-order valence-corrected chi connectivity index (χ3v) is 5.95. The molecule has 0 aliphatic carbocycles. The Balaban J connectivity index is 2.24. The SMILES string of the molecule is C#Cc1ccc(-c2ccc(OC)cc2)c(C)c1[CH]OCC[Si](C)(C)C. The van der Waals surface area contributed by atoms with Crippen LogP contribution < -0.4 is 4.74 Å². The second kappa shape index (κ2) is 8.38. The van der Waals surface area contributed by atoms with E-state index in [4.69, 9.17) is 15.9 Å². The van der Waals surface area contributed by atoms with Crippen LogP contribution in [0.3, 0.4) is 0 Å². The molecule has 131 valence electrons. The molecule has 2 rings (SSSR count). The van der Waals surface area contributed by atoms with Crippen LogP contribution in [0.4, 0.5) is 0 Å². The van der Waals surface area contributed by atoms with Crippen LogP contribution in [0.5, 0.6) is 5.75 Å². The maximum Gasteiger partial charge on any atom is 0.118 e. The van der Waals surface area contributed by atoms with Crippen molar-refractivity contribution >= 4 is 8.07 Å². The van der Waals surface area contributed by atoms with Crippen molar-refractivity contribution in [2.75, 3.05) is 13.7 Å². The highest BCUT2D eigenvalue weighted by Gasteiger charge is 2.14. The van der Waals surface area contributed by atoms with Crippen molar-refractivity contribution in [2.45, 2.75) is 32.6 Å². The number of rotatable bonds is 7. The van der Waals surface area contributed by atoms with Crippen LogP contribution in [0.15, 0.2) is 36.4 Å². The number of hydrogen-bond donors (Lipinski definition) is 0. The van der Waals surface area contributed by atoms with E-state index in [1.165, 1.54) is 0 Å². The third-order valence-electron chi connectivity index (χ3n) is 4.24. The topological polar surface area (TPSA) is 18.5 Å². The molecule has 0 atom stereocenters. The Bertz CT molecular complexity index is 749. The predicted molar refractivity (Wildman–Crippen MR) is 109 cm³/mol. The molecular formula is C22H27O2Si. The fraction of sp³-hybridized carbons (Fsp3) is 0.318. The van der Waals surface area contributed by atoms with Crippen LogP contribution in [0.1, 0.15) is 16.7 Å². The molecule has 0 aromatic heterocycles. The number of hydrogen-bond acceptors (Lipinski definition) is 2. The van der Waals surface area contributed by atoms with Gasteiger partial charge in [-0.1, -0.05) is 43.8 Å². The third kappa shape index (κ3) is 5.22.